The van der Waals surface area contributed by atoms with Crippen LogP contribution in [0.15, 0.2) is 23.1 Å². The third-order valence-corrected chi connectivity index (χ3v) is 9.94. The molecular formula is C20H30N4O4S2. The molecule has 0 unspecified atom stereocenters. The van der Waals surface area contributed by atoms with Crippen LogP contribution in [0.25, 0.3) is 11.0 Å². The van der Waals surface area contributed by atoms with Gasteiger partial charge in [0.05, 0.1) is 34.0 Å². The van der Waals surface area contributed by atoms with Gasteiger partial charge in [0, 0.05) is 25.7 Å². The highest BCUT2D eigenvalue weighted by Gasteiger charge is 2.31. The molecule has 0 spiro atoms. The van der Waals surface area contributed by atoms with E-state index in [1.165, 1.54) is 0 Å². The summed E-state index contributed by atoms with van der Waals surface area (Å²) in [6.07, 6.45) is 3.52. The van der Waals surface area contributed by atoms with Crippen LogP contribution in [0.3, 0.4) is 0 Å². The monoisotopic (exact) mass is 454 g/mol. The molecule has 0 bridgehead atoms. The maximum Gasteiger partial charge on any atom is 0.243 e. The van der Waals surface area contributed by atoms with E-state index in [0.717, 1.165) is 30.6 Å². The normalized spacial score (nSPS) is 22.8. The highest BCUT2D eigenvalue weighted by atomic mass is 32.2. The van der Waals surface area contributed by atoms with Gasteiger partial charge in [-0.25, -0.2) is 21.8 Å². The molecular weight excluding hydrogens is 424 g/mol. The summed E-state index contributed by atoms with van der Waals surface area (Å²) in [5.41, 5.74) is 1.56. The largest absolute Gasteiger partial charge is 0.327 e. The lowest BCUT2D eigenvalue weighted by Gasteiger charge is -2.25. The van der Waals surface area contributed by atoms with Crippen molar-refractivity contribution in [3.63, 3.8) is 0 Å². The van der Waals surface area contributed by atoms with Gasteiger partial charge in [-0.1, -0.05) is 6.42 Å². The molecule has 2 fully saturated rings. The van der Waals surface area contributed by atoms with Gasteiger partial charge in [0.2, 0.25) is 10.0 Å². The molecule has 1 aromatic carbocycles. The van der Waals surface area contributed by atoms with E-state index < -0.39 is 19.9 Å². The highest BCUT2D eigenvalue weighted by molar-refractivity contribution is 7.91. The van der Waals surface area contributed by atoms with Crippen LogP contribution >= 0.6 is 0 Å². The predicted octanol–water partition coefficient (Wildman–Crippen LogP) is 1.85. The fourth-order valence-corrected chi connectivity index (χ4v) is 7.87. The Morgan fingerprint density at radius 2 is 1.93 bits per heavy atom. The van der Waals surface area contributed by atoms with Crippen LogP contribution in [0.1, 0.15) is 38.4 Å². The van der Waals surface area contributed by atoms with E-state index in [1.54, 1.807) is 16.4 Å². The van der Waals surface area contributed by atoms with Crippen molar-refractivity contribution in [3.8, 4) is 0 Å². The second kappa shape index (κ2) is 8.22. The molecule has 10 heteroatoms. The van der Waals surface area contributed by atoms with Gasteiger partial charge in [-0.05, 0) is 51.4 Å². The second-order valence-electron chi connectivity index (χ2n) is 8.36. The van der Waals surface area contributed by atoms with Crippen molar-refractivity contribution in [2.45, 2.75) is 56.6 Å². The number of piperidine rings is 1. The van der Waals surface area contributed by atoms with E-state index in [9.17, 15) is 16.8 Å². The smallest absolute Gasteiger partial charge is 0.243 e. The van der Waals surface area contributed by atoms with Gasteiger partial charge in [0.25, 0.3) is 0 Å². The number of sulfonamides is 1. The zero-order valence-electron chi connectivity index (χ0n) is 17.6. The van der Waals surface area contributed by atoms with E-state index >= 15 is 0 Å². The third-order valence-electron chi connectivity index (χ3n) is 6.29. The molecule has 2 saturated heterocycles. The van der Waals surface area contributed by atoms with Gasteiger partial charge in [-0.15, -0.1) is 0 Å². The molecule has 8 nitrogen and oxygen atoms in total. The van der Waals surface area contributed by atoms with E-state index in [-0.39, 0.29) is 17.5 Å². The second-order valence-corrected chi connectivity index (χ2v) is 12.5. The summed E-state index contributed by atoms with van der Waals surface area (Å²) in [6, 6.07) is 5.19. The van der Waals surface area contributed by atoms with Crippen molar-refractivity contribution in [2.24, 2.45) is 0 Å². The lowest BCUT2D eigenvalue weighted by molar-refractivity contribution is 0.245. The zero-order valence-corrected chi connectivity index (χ0v) is 19.3. The van der Waals surface area contributed by atoms with Gasteiger partial charge in [0.15, 0.2) is 9.84 Å². The van der Waals surface area contributed by atoms with Crippen molar-refractivity contribution in [3.05, 3.63) is 24.0 Å². The Kier molecular flexibility index (Phi) is 5.95. The van der Waals surface area contributed by atoms with Crippen LogP contribution in [0.5, 0.6) is 0 Å². The number of aromatic nitrogens is 2. The Bertz CT molecular complexity index is 1140. The summed E-state index contributed by atoms with van der Waals surface area (Å²) in [4.78, 5) is 7.08. The van der Waals surface area contributed by atoms with Crippen molar-refractivity contribution in [1.82, 2.24) is 18.8 Å². The minimum Gasteiger partial charge on any atom is -0.327 e. The number of sulfone groups is 1. The Balaban J connectivity index is 1.62. The molecule has 2 aliphatic rings. The van der Waals surface area contributed by atoms with Crippen molar-refractivity contribution < 1.29 is 16.8 Å². The van der Waals surface area contributed by atoms with Gasteiger partial charge in [-0.2, -0.15) is 4.31 Å². The molecule has 0 amide bonds. The van der Waals surface area contributed by atoms with Gasteiger partial charge in [-0.3, -0.25) is 4.90 Å². The first-order chi connectivity index (χ1) is 14.2. The molecule has 0 N–H and O–H groups in total. The topological polar surface area (TPSA) is 92.6 Å². The lowest BCUT2D eigenvalue weighted by atomic mass is 10.2. The number of nitrogens with zero attached hydrogens (tertiary/aromatic N) is 4. The van der Waals surface area contributed by atoms with Gasteiger partial charge in [0.1, 0.15) is 5.82 Å². The Morgan fingerprint density at radius 1 is 1.20 bits per heavy atom. The van der Waals surface area contributed by atoms with Crippen LogP contribution in [-0.2, 0) is 33.0 Å². The number of fused-ring (bicyclic) bond motifs is 1. The molecule has 2 aromatic rings. The lowest BCUT2D eigenvalue weighted by Crippen LogP contribution is -2.35. The SMILES string of the molecule is CCn1c(CN(C)[C@H]2CCS(=O)(=O)C2)nc2cc(S(=O)(=O)N3CCCCC3)ccc21. The molecule has 0 radical (unpaired) electrons. The molecule has 30 heavy (non-hydrogen) atoms. The number of imidazole rings is 1. The predicted molar refractivity (Wildman–Crippen MR) is 117 cm³/mol. The van der Waals surface area contributed by atoms with Gasteiger partial charge >= 0.3 is 0 Å². The summed E-state index contributed by atoms with van der Waals surface area (Å²) >= 11 is 0. The standard InChI is InChI=1S/C20H30N4O4S2/c1-3-24-19-8-7-17(30(27,28)23-10-5-4-6-11-23)13-18(19)21-20(24)14-22(2)16-9-12-29(25,26)15-16/h7-8,13,16H,3-6,9-12,14-15H2,1-2H3/t16-/m0/s1. The van der Waals surface area contributed by atoms with Gasteiger partial charge < -0.3 is 4.57 Å². The average Bonchev–Trinajstić information content (AvgIpc) is 3.26. The zero-order chi connectivity index (χ0) is 21.5. The van der Waals surface area contributed by atoms with Crippen molar-refractivity contribution in [2.75, 3.05) is 31.6 Å². The Hall–Kier alpha value is -1.49. The summed E-state index contributed by atoms with van der Waals surface area (Å²) in [6.45, 7) is 4.41. The molecule has 166 valence electrons. The van der Waals surface area contributed by atoms with Crippen LogP contribution in [0.4, 0.5) is 0 Å². The van der Waals surface area contributed by atoms with Crippen LogP contribution in [-0.4, -0.2) is 73.3 Å². The number of rotatable bonds is 6. The summed E-state index contributed by atoms with van der Waals surface area (Å²) in [5.74, 6) is 1.25. The molecule has 4 rings (SSSR count). The van der Waals surface area contributed by atoms with Crippen molar-refractivity contribution >= 4 is 30.9 Å². The summed E-state index contributed by atoms with van der Waals surface area (Å²) in [5, 5.41) is 0. The summed E-state index contributed by atoms with van der Waals surface area (Å²) in [7, 11) is -4.52. The number of hydrogen-bond donors (Lipinski definition) is 0. The summed E-state index contributed by atoms with van der Waals surface area (Å²) < 4.78 is 53.3. The molecule has 1 atom stereocenters. The highest BCUT2D eigenvalue weighted by Crippen LogP contribution is 2.26. The first kappa shape index (κ1) is 21.7. The number of hydrogen-bond acceptors (Lipinski definition) is 6. The van der Waals surface area contributed by atoms with Crippen LogP contribution < -0.4 is 0 Å². The third kappa shape index (κ3) is 4.15. The fraction of sp³-hybridized carbons (Fsp3) is 0.650. The van der Waals surface area contributed by atoms with Crippen LogP contribution in [0.2, 0.25) is 0 Å². The maximum atomic E-state index is 13.0. The van der Waals surface area contributed by atoms with E-state index in [2.05, 4.69) is 4.57 Å². The fourth-order valence-electron chi connectivity index (χ4n) is 4.52. The quantitative estimate of drug-likeness (QED) is 0.661. The molecule has 2 aliphatic heterocycles. The van der Waals surface area contributed by atoms with E-state index in [4.69, 9.17) is 4.98 Å². The van der Waals surface area contributed by atoms with E-state index in [1.807, 2.05) is 24.9 Å². The number of benzene rings is 1. The van der Waals surface area contributed by atoms with Crippen LogP contribution in [0, 0.1) is 0 Å². The minimum absolute atomic E-state index is 0.00448. The maximum absolute atomic E-state index is 13.0. The number of aryl methyl sites for hydroxylation is 1. The first-order valence-corrected chi connectivity index (χ1v) is 13.9. The Morgan fingerprint density at radius 3 is 2.57 bits per heavy atom. The molecule has 0 aliphatic carbocycles. The molecule has 1 aromatic heterocycles. The Labute approximate surface area is 178 Å². The average molecular weight is 455 g/mol. The van der Waals surface area contributed by atoms with Crippen molar-refractivity contribution in [1.29, 1.82) is 0 Å². The molecule has 0 saturated carbocycles. The molecule has 3 heterocycles. The first-order valence-electron chi connectivity index (χ1n) is 10.6. The minimum atomic E-state index is -3.51. The van der Waals surface area contributed by atoms with E-state index in [0.29, 0.717) is 43.0 Å².